The van der Waals surface area contributed by atoms with Gasteiger partial charge in [0.05, 0.1) is 0 Å². The van der Waals surface area contributed by atoms with Gasteiger partial charge in [-0.05, 0) is 0 Å². The number of rotatable bonds is 3. The van der Waals surface area contributed by atoms with Gasteiger partial charge in [-0.15, -0.1) is 5.10 Å². The van der Waals surface area contributed by atoms with E-state index >= 15 is 0 Å². The van der Waals surface area contributed by atoms with Crippen LogP contribution in [0.5, 0.6) is 0 Å². The van der Waals surface area contributed by atoms with E-state index in [1.807, 2.05) is 6.92 Å². The van der Waals surface area contributed by atoms with Gasteiger partial charge in [-0.25, -0.2) is 5.10 Å². The maximum absolute atomic E-state index is 5.41. The molecule has 1 heterocycles. The van der Waals surface area contributed by atoms with Crippen molar-refractivity contribution in [2.45, 2.75) is 17.3 Å². The quantitative estimate of drug-likeness (QED) is 0.551. The first-order chi connectivity index (χ1) is 5.22. The van der Waals surface area contributed by atoms with Crippen molar-refractivity contribution >= 4 is 17.7 Å². The highest BCUT2D eigenvalue weighted by atomic mass is 32.2. The van der Waals surface area contributed by atoms with Gasteiger partial charge in [0, 0.05) is 11.8 Å². The number of H-pyrrole nitrogens is 1. The topological polar surface area (TPSA) is 93.6 Å². The summed E-state index contributed by atoms with van der Waals surface area (Å²) in [4.78, 5) is 3.92. The van der Waals surface area contributed by atoms with Gasteiger partial charge in [-0.2, -0.15) is 4.98 Å². The normalized spacial score (nSPS) is 13.3. The number of aromatic nitrogens is 3. The smallest absolute Gasteiger partial charge is 0.216 e. The van der Waals surface area contributed by atoms with Crippen LogP contribution in [-0.4, -0.2) is 27.0 Å². The van der Waals surface area contributed by atoms with E-state index in [-0.39, 0.29) is 0 Å². The monoisotopic (exact) mass is 173 g/mol. The second kappa shape index (κ2) is 3.59. The number of hydrogen-bond acceptors (Lipinski definition) is 5. The predicted octanol–water partition coefficient (Wildman–Crippen LogP) is -0.174. The standard InChI is InChI=1S/C5H11N5S/c1-3(2-6)11-5-8-4(7)9-10-5/h3H,2,6H2,1H3,(H3,7,8,9,10). The third kappa shape index (κ3) is 2.39. The summed E-state index contributed by atoms with van der Waals surface area (Å²) >= 11 is 1.51. The molecule has 5 N–H and O–H groups in total. The van der Waals surface area contributed by atoms with E-state index in [2.05, 4.69) is 15.2 Å². The van der Waals surface area contributed by atoms with Gasteiger partial charge in [0.15, 0.2) is 0 Å². The van der Waals surface area contributed by atoms with Crippen LogP contribution in [0.1, 0.15) is 6.92 Å². The fourth-order valence-electron chi connectivity index (χ4n) is 0.539. The number of nitrogens with zero attached hydrogens (tertiary/aromatic N) is 2. The fourth-order valence-corrected chi connectivity index (χ4v) is 1.24. The molecule has 11 heavy (non-hydrogen) atoms. The van der Waals surface area contributed by atoms with E-state index in [0.29, 0.717) is 22.9 Å². The van der Waals surface area contributed by atoms with E-state index in [1.165, 1.54) is 11.8 Å². The van der Waals surface area contributed by atoms with E-state index in [4.69, 9.17) is 11.5 Å². The van der Waals surface area contributed by atoms with Gasteiger partial charge in [-0.3, -0.25) is 0 Å². The van der Waals surface area contributed by atoms with E-state index < -0.39 is 0 Å². The zero-order valence-corrected chi connectivity index (χ0v) is 7.06. The molecule has 0 spiro atoms. The molecule has 0 saturated heterocycles. The minimum Gasteiger partial charge on any atom is -0.368 e. The second-order valence-electron chi connectivity index (χ2n) is 2.17. The van der Waals surface area contributed by atoms with Crippen LogP contribution >= 0.6 is 11.8 Å². The highest BCUT2D eigenvalue weighted by molar-refractivity contribution is 7.99. The summed E-state index contributed by atoms with van der Waals surface area (Å²) in [5, 5.41) is 7.38. The number of nitrogens with one attached hydrogen (secondary N) is 1. The van der Waals surface area contributed by atoms with Crippen molar-refractivity contribution in [3.63, 3.8) is 0 Å². The van der Waals surface area contributed by atoms with Crippen molar-refractivity contribution in [1.82, 2.24) is 15.2 Å². The van der Waals surface area contributed by atoms with Crippen LogP contribution in [0.15, 0.2) is 5.16 Å². The molecule has 0 bridgehead atoms. The number of thioether (sulfide) groups is 1. The Morgan fingerprint density at radius 2 is 2.45 bits per heavy atom. The van der Waals surface area contributed by atoms with Crippen molar-refractivity contribution in [1.29, 1.82) is 0 Å². The Hall–Kier alpha value is -0.750. The van der Waals surface area contributed by atoms with Gasteiger partial charge in [0.1, 0.15) is 0 Å². The molecule has 0 radical (unpaired) electrons. The maximum atomic E-state index is 5.41. The van der Waals surface area contributed by atoms with Crippen LogP contribution in [0.3, 0.4) is 0 Å². The third-order valence-electron chi connectivity index (χ3n) is 1.12. The lowest BCUT2D eigenvalue weighted by Crippen LogP contribution is -2.12. The molecule has 0 saturated carbocycles. The number of anilines is 1. The fraction of sp³-hybridized carbons (Fsp3) is 0.600. The first kappa shape index (κ1) is 8.35. The summed E-state index contributed by atoms with van der Waals surface area (Å²) < 4.78 is 0. The third-order valence-corrected chi connectivity index (χ3v) is 2.11. The van der Waals surface area contributed by atoms with Crippen LogP contribution in [0.4, 0.5) is 5.95 Å². The molecule has 6 heteroatoms. The lowest BCUT2D eigenvalue weighted by molar-refractivity contribution is 0.921. The molecular weight excluding hydrogens is 162 g/mol. The first-order valence-corrected chi connectivity index (χ1v) is 4.15. The predicted molar refractivity (Wildman–Crippen MR) is 45.2 cm³/mol. The summed E-state index contributed by atoms with van der Waals surface area (Å²) in [6.45, 7) is 2.62. The van der Waals surface area contributed by atoms with Crippen molar-refractivity contribution in [2.75, 3.05) is 12.3 Å². The van der Waals surface area contributed by atoms with Crippen molar-refractivity contribution in [2.24, 2.45) is 5.73 Å². The number of hydrogen-bond donors (Lipinski definition) is 3. The Bertz CT molecular complexity index is 222. The van der Waals surface area contributed by atoms with Crippen LogP contribution in [0.25, 0.3) is 0 Å². The van der Waals surface area contributed by atoms with Crippen molar-refractivity contribution in [3.8, 4) is 0 Å². The van der Waals surface area contributed by atoms with Crippen LogP contribution in [0, 0.1) is 0 Å². The van der Waals surface area contributed by atoms with E-state index in [9.17, 15) is 0 Å². The summed E-state index contributed by atoms with van der Waals surface area (Å²) in [6, 6.07) is 0. The van der Waals surface area contributed by atoms with Gasteiger partial charge in [-0.1, -0.05) is 18.7 Å². The molecule has 0 amide bonds. The van der Waals surface area contributed by atoms with Crippen LogP contribution in [0.2, 0.25) is 0 Å². The minimum absolute atomic E-state index is 0.324. The summed E-state index contributed by atoms with van der Waals surface area (Å²) in [5.74, 6) is 0.344. The zero-order chi connectivity index (χ0) is 8.27. The molecule has 5 nitrogen and oxygen atoms in total. The van der Waals surface area contributed by atoms with Crippen molar-refractivity contribution in [3.05, 3.63) is 0 Å². The Kier molecular flexibility index (Phi) is 2.72. The molecular formula is C5H11N5S. The second-order valence-corrected chi connectivity index (χ2v) is 3.57. The molecule has 0 aromatic carbocycles. The van der Waals surface area contributed by atoms with Gasteiger partial charge >= 0.3 is 0 Å². The minimum atomic E-state index is 0.324. The van der Waals surface area contributed by atoms with Gasteiger partial charge < -0.3 is 11.5 Å². The Morgan fingerprint density at radius 3 is 2.91 bits per heavy atom. The molecule has 1 atom stereocenters. The highest BCUT2D eigenvalue weighted by Crippen LogP contribution is 2.17. The highest BCUT2D eigenvalue weighted by Gasteiger charge is 2.05. The summed E-state index contributed by atoms with van der Waals surface area (Å²) in [5.41, 5.74) is 10.7. The molecule has 1 rings (SSSR count). The number of nitrogen functional groups attached to an aromatic ring is 1. The number of aromatic amines is 1. The molecule has 1 unspecified atom stereocenters. The zero-order valence-electron chi connectivity index (χ0n) is 6.24. The average molecular weight is 173 g/mol. The maximum Gasteiger partial charge on any atom is 0.216 e. The Balaban J connectivity index is 2.50. The molecule has 0 aliphatic rings. The van der Waals surface area contributed by atoms with Crippen molar-refractivity contribution < 1.29 is 0 Å². The van der Waals surface area contributed by atoms with Gasteiger partial charge in [0.25, 0.3) is 0 Å². The Morgan fingerprint density at radius 1 is 1.73 bits per heavy atom. The van der Waals surface area contributed by atoms with Crippen LogP contribution in [-0.2, 0) is 0 Å². The molecule has 1 aromatic heterocycles. The van der Waals surface area contributed by atoms with E-state index in [0.717, 1.165) is 0 Å². The molecule has 62 valence electrons. The lowest BCUT2D eigenvalue weighted by atomic mass is 10.5. The number of nitrogens with two attached hydrogens (primary N) is 2. The molecule has 0 aliphatic heterocycles. The Labute approximate surface area is 68.9 Å². The molecule has 1 aromatic rings. The summed E-state index contributed by atoms with van der Waals surface area (Å²) in [6.07, 6.45) is 0. The van der Waals surface area contributed by atoms with Crippen LogP contribution < -0.4 is 11.5 Å². The summed E-state index contributed by atoms with van der Waals surface area (Å²) in [7, 11) is 0. The largest absolute Gasteiger partial charge is 0.368 e. The lowest BCUT2D eigenvalue weighted by Gasteiger charge is -2.01. The SMILES string of the molecule is CC(CN)Sc1n[nH]c(N)n1. The van der Waals surface area contributed by atoms with Gasteiger partial charge in [0.2, 0.25) is 11.1 Å². The molecule has 0 aliphatic carbocycles. The molecule has 0 fully saturated rings. The first-order valence-electron chi connectivity index (χ1n) is 3.27. The van der Waals surface area contributed by atoms with E-state index in [1.54, 1.807) is 0 Å². The average Bonchev–Trinajstić information content (AvgIpc) is 2.35.